The molecule has 2 unspecified atom stereocenters. The van der Waals surface area contributed by atoms with Gasteiger partial charge in [0.05, 0.1) is 5.75 Å². The van der Waals surface area contributed by atoms with E-state index in [1.54, 1.807) is 51.1 Å². The molecule has 0 aromatic heterocycles. The fraction of sp³-hybridized carbons (Fsp3) is 0.400. The van der Waals surface area contributed by atoms with Crippen molar-refractivity contribution in [2.24, 2.45) is 0 Å². The number of alkyl carbamates (subject to hydrolysis) is 1. The van der Waals surface area contributed by atoms with Crippen LogP contribution in [0.3, 0.4) is 0 Å². The van der Waals surface area contributed by atoms with Crippen LogP contribution in [0, 0.1) is 0 Å². The lowest BCUT2D eigenvalue weighted by Crippen LogP contribution is -2.71. The van der Waals surface area contributed by atoms with Crippen molar-refractivity contribution < 1.29 is 34.1 Å². The zero-order chi connectivity index (χ0) is 22.9. The largest absolute Gasteiger partial charge is 0.509 e. The highest BCUT2D eigenvalue weighted by Crippen LogP contribution is 2.39. The second kappa shape index (κ2) is 8.50. The van der Waals surface area contributed by atoms with E-state index < -0.39 is 58.4 Å². The average Bonchev–Trinajstić information content (AvgIpc) is 2.69. The molecule has 4 N–H and O–H groups in total. The highest BCUT2D eigenvalue weighted by molar-refractivity contribution is 8.00. The number of hydrogen-bond acceptors (Lipinski definition) is 7. The predicted octanol–water partition coefficient (Wildman–Crippen LogP) is 1.51. The Hall–Kier alpha value is -3.21. The third kappa shape index (κ3) is 4.76. The molecule has 3 amide bonds. The van der Waals surface area contributed by atoms with E-state index in [1.165, 1.54) is 0 Å². The van der Waals surface area contributed by atoms with E-state index in [4.69, 9.17) is 4.74 Å². The molecule has 1 aromatic carbocycles. The molecule has 0 radical (unpaired) electrons. The number of aliphatic hydroxyl groups is 1. The fourth-order valence-electron chi connectivity index (χ4n) is 3.21. The molecule has 166 valence electrons. The minimum Gasteiger partial charge on any atom is -0.509 e. The fourth-order valence-corrected chi connectivity index (χ4v) is 4.41. The van der Waals surface area contributed by atoms with Gasteiger partial charge in [-0.3, -0.25) is 14.5 Å². The molecular formula is C20H23N3O7S. The molecule has 2 aliphatic heterocycles. The third-order valence-corrected chi connectivity index (χ3v) is 5.77. The number of carbonyl (C=O) groups is 4. The summed E-state index contributed by atoms with van der Waals surface area (Å²) in [5.41, 5.74) is -0.771. The number of aliphatic carboxylic acids is 1. The van der Waals surface area contributed by atoms with E-state index in [0.29, 0.717) is 5.56 Å². The number of amides is 3. The van der Waals surface area contributed by atoms with Gasteiger partial charge in [0.15, 0.2) is 5.70 Å². The molecule has 2 aliphatic rings. The second-order valence-electron chi connectivity index (χ2n) is 7.99. The van der Waals surface area contributed by atoms with Crippen molar-refractivity contribution in [2.45, 2.75) is 43.8 Å². The van der Waals surface area contributed by atoms with Crippen molar-refractivity contribution in [2.75, 3.05) is 5.75 Å². The number of nitrogens with one attached hydrogen (secondary N) is 2. The molecule has 0 bridgehead atoms. The van der Waals surface area contributed by atoms with Crippen molar-refractivity contribution in [1.82, 2.24) is 15.5 Å². The van der Waals surface area contributed by atoms with Crippen LogP contribution >= 0.6 is 11.8 Å². The van der Waals surface area contributed by atoms with Crippen LogP contribution in [0.15, 0.2) is 41.8 Å². The van der Waals surface area contributed by atoms with Crippen LogP contribution < -0.4 is 10.6 Å². The van der Waals surface area contributed by atoms with E-state index in [0.717, 1.165) is 16.7 Å². The van der Waals surface area contributed by atoms with Gasteiger partial charge in [-0.15, -0.1) is 11.8 Å². The molecule has 1 fully saturated rings. The molecular weight excluding hydrogens is 426 g/mol. The van der Waals surface area contributed by atoms with Crippen LogP contribution in [-0.2, 0) is 19.1 Å². The Morgan fingerprint density at radius 3 is 2.45 bits per heavy atom. The summed E-state index contributed by atoms with van der Waals surface area (Å²) in [6, 6.07) is 6.33. The van der Waals surface area contributed by atoms with Crippen molar-refractivity contribution in [3.63, 3.8) is 0 Å². The van der Waals surface area contributed by atoms with E-state index in [-0.39, 0.29) is 5.75 Å². The summed E-state index contributed by atoms with van der Waals surface area (Å²) in [4.78, 5) is 50.2. The Morgan fingerprint density at radius 1 is 1.23 bits per heavy atom. The summed E-state index contributed by atoms with van der Waals surface area (Å²) in [6.07, 6.45) is -0.800. The molecule has 1 aromatic rings. The summed E-state index contributed by atoms with van der Waals surface area (Å²) in [5.74, 6) is -3.12. The van der Waals surface area contributed by atoms with Gasteiger partial charge in [-0.2, -0.15) is 0 Å². The van der Waals surface area contributed by atoms with Crippen LogP contribution in [-0.4, -0.2) is 61.8 Å². The van der Waals surface area contributed by atoms with Gasteiger partial charge in [0, 0.05) is 0 Å². The number of carboxylic acids is 1. The SMILES string of the molecule is CC(C)(C)OC(=O)NC(C(=O)NC1C(=O)N2C(C(=O)O)=C(O)CS[C@H]12)c1ccccc1. The van der Waals surface area contributed by atoms with E-state index in [2.05, 4.69) is 10.6 Å². The number of benzene rings is 1. The Bertz CT molecular complexity index is 942. The number of nitrogens with zero attached hydrogens (tertiary/aromatic N) is 1. The Balaban J connectivity index is 1.76. The van der Waals surface area contributed by atoms with Crippen LogP contribution in [0.25, 0.3) is 0 Å². The first kappa shape index (κ1) is 22.5. The summed E-state index contributed by atoms with van der Waals surface area (Å²) in [5, 5.41) is 23.5. The molecule has 3 rings (SSSR count). The highest BCUT2D eigenvalue weighted by Gasteiger charge is 2.54. The number of rotatable bonds is 5. The molecule has 3 atom stereocenters. The molecule has 11 heteroatoms. The van der Waals surface area contributed by atoms with Crippen LogP contribution in [0.1, 0.15) is 32.4 Å². The monoisotopic (exact) mass is 449 g/mol. The Labute approximate surface area is 182 Å². The molecule has 0 aliphatic carbocycles. The third-order valence-electron chi connectivity index (χ3n) is 4.50. The van der Waals surface area contributed by atoms with E-state index in [1.807, 2.05) is 0 Å². The Kier molecular flexibility index (Phi) is 6.16. The van der Waals surface area contributed by atoms with Crippen LogP contribution in [0.5, 0.6) is 0 Å². The maximum Gasteiger partial charge on any atom is 0.408 e. The number of carbonyl (C=O) groups excluding carboxylic acids is 3. The number of carboxylic acid groups (broad SMARTS) is 1. The summed E-state index contributed by atoms with van der Waals surface area (Å²) in [7, 11) is 0. The maximum absolute atomic E-state index is 13.0. The maximum atomic E-state index is 13.0. The standard InChI is InChI=1S/C20H23N3O7S/c1-20(2,3)30-19(29)22-12(10-7-5-4-6-8-10)15(25)21-13-16(26)23-14(18(27)28)11(24)9-31-17(13)23/h4-8,12-13,17,24H,9H2,1-3H3,(H,21,25)(H,22,29)(H,27,28)/t12?,13?,17-/m1/s1. The second-order valence-corrected chi connectivity index (χ2v) is 9.09. The van der Waals surface area contributed by atoms with Gasteiger partial charge in [-0.1, -0.05) is 30.3 Å². The average molecular weight is 449 g/mol. The van der Waals surface area contributed by atoms with Gasteiger partial charge >= 0.3 is 12.1 Å². The topological polar surface area (TPSA) is 145 Å². The quantitative estimate of drug-likeness (QED) is 0.495. The normalized spacial score (nSPS) is 21.5. The van der Waals surface area contributed by atoms with Gasteiger partial charge in [0.25, 0.3) is 5.91 Å². The van der Waals surface area contributed by atoms with Crippen molar-refractivity contribution in [3.05, 3.63) is 47.4 Å². The van der Waals surface area contributed by atoms with Gasteiger partial charge in [-0.05, 0) is 26.3 Å². The molecule has 1 saturated heterocycles. The van der Waals surface area contributed by atoms with Gasteiger partial charge in [-0.25, -0.2) is 9.59 Å². The lowest BCUT2D eigenvalue weighted by atomic mass is 10.0. The van der Waals surface area contributed by atoms with E-state index >= 15 is 0 Å². The van der Waals surface area contributed by atoms with Gasteiger partial charge in [0.1, 0.15) is 28.8 Å². The number of ether oxygens (including phenoxy) is 1. The lowest BCUT2D eigenvalue weighted by molar-refractivity contribution is -0.151. The lowest BCUT2D eigenvalue weighted by Gasteiger charge is -2.48. The zero-order valence-corrected chi connectivity index (χ0v) is 17.9. The molecule has 10 nitrogen and oxygen atoms in total. The number of thioether (sulfide) groups is 1. The Morgan fingerprint density at radius 2 is 1.87 bits per heavy atom. The summed E-state index contributed by atoms with van der Waals surface area (Å²) < 4.78 is 5.24. The summed E-state index contributed by atoms with van der Waals surface area (Å²) >= 11 is 1.13. The first-order valence-electron chi connectivity index (χ1n) is 9.44. The van der Waals surface area contributed by atoms with Gasteiger partial charge < -0.3 is 25.6 Å². The molecule has 2 heterocycles. The molecule has 31 heavy (non-hydrogen) atoms. The van der Waals surface area contributed by atoms with Crippen molar-refractivity contribution in [3.8, 4) is 0 Å². The number of fused-ring (bicyclic) bond motifs is 1. The number of β-lactam (4-membered cyclic amide) rings is 1. The highest BCUT2D eigenvalue weighted by atomic mass is 32.2. The van der Waals surface area contributed by atoms with E-state index in [9.17, 15) is 29.4 Å². The minimum absolute atomic E-state index is 0.000717. The zero-order valence-electron chi connectivity index (χ0n) is 17.1. The van der Waals surface area contributed by atoms with Crippen LogP contribution in [0.4, 0.5) is 4.79 Å². The molecule has 0 saturated carbocycles. The summed E-state index contributed by atoms with van der Waals surface area (Å²) in [6.45, 7) is 5.07. The van der Waals surface area contributed by atoms with Gasteiger partial charge in [0.2, 0.25) is 5.91 Å². The van der Waals surface area contributed by atoms with Crippen molar-refractivity contribution >= 4 is 35.6 Å². The smallest absolute Gasteiger partial charge is 0.408 e. The molecule has 0 spiro atoms. The minimum atomic E-state index is -1.42. The first-order valence-corrected chi connectivity index (χ1v) is 10.5. The number of hydrogen-bond donors (Lipinski definition) is 4. The predicted molar refractivity (Wildman–Crippen MR) is 111 cm³/mol. The van der Waals surface area contributed by atoms with Crippen LogP contribution in [0.2, 0.25) is 0 Å². The first-order chi connectivity index (χ1) is 14.5. The van der Waals surface area contributed by atoms with Crippen molar-refractivity contribution in [1.29, 1.82) is 0 Å². The number of aliphatic hydroxyl groups excluding tert-OH is 1.